The Morgan fingerprint density at radius 2 is 1.09 bits per heavy atom. The lowest BCUT2D eigenvalue weighted by Gasteiger charge is -2.32. The maximum Gasteiger partial charge on any atom is 0.473 e. The number of aliphatic hydroxyl groups is 2. The van der Waals surface area contributed by atoms with Crippen LogP contribution in [0.2, 0.25) is 0 Å². The van der Waals surface area contributed by atoms with Crippen LogP contribution < -0.4 is 0 Å². The molecule has 2 unspecified atom stereocenters. The second-order valence-corrected chi connectivity index (χ2v) is 16.1. The van der Waals surface area contributed by atoms with E-state index in [9.17, 15) is 19.4 Å². The Kier molecular flexibility index (Phi) is 28.8. The van der Waals surface area contributed by atoms with E-state index in [1.807, 2.05) is 21.1 Å². The Bertz CT molecular complexity index is 842. The van der Waals surface area contributed by atoms with Gasteiger partial charge in [-0.15, -0.1) is 0 Å². The SMILES string of the molecule is CCCCCCCCCCCCC(=O)C(CCCCCCCCCCCC)=C(CCC)C(C[N+](C)(C)C)OP(=O)(O)OC[C@H](O)CO. The van der Waals surface area contributed by atoms with Crippen molar-refractivity contribution in [3.63, 3.8) is 0 Å². The number of unbranched alkanes of at least 4 members (excludes halogenated alkanes) is 18. The van der Waals surface area contributed by atoms with Gasteiger partial charge in [-0.3, -0.25) is 13.8 Å². The average molecular weight is 691 g/mol. The largest absolute Gasteiger partial charge is 0.473 e. The van der Waals surface area contributed by atoms with E-state index < -0.39 is 33.2 Å². The third-order valence-electron chi connectivity index (χ3n) is 8.78. The predicted molar refractivity (Wildman–Crippen MR) is 197 cm³/mol. The van der Waals surface area contributed by atoms with Crippen molar-refractivity contribution in [2.24, 2.45) is 0 Å². The molecule has 9 heteroatoms. The summed E-state index contributed by atoms with van der Waals surface area (Å²) in [6.07, 6.45) is 24.7. The van der Waals surface area contributed by atoms with Crippen LogP contribution in [0.4, 0.5) is 0 Å². The fourth-order valence-electron chi connectivity index (χ4n) is 6.10. The van der Waals surface area contributed by atoms with Crippen molar-refractivity contribution in [1.82, 2.24) is 0 Å². The van der Waals surface area contributed by atoms with Gasteiger partial charge in [0.2, 0.25) is 0 Å². The van der Waals surface area contributed by atoms with Gasteiger partial charge in [0, 0.05) is 6.42 Å². The van der Waals surface area contributed by atoms with Gasteiger partial charge < -0.3 is 19.6 Å². The van der Waals surface area contributed by atoms with Gasteiger partial charge in [-0.1, -0.05) is 143 Å². The number of phosphoric ester groups is 1. The van der Waals surface area contributed by atoms with E-state index in [-0.39, 0.29) is 5.78 Å². The van der Waals surface area contributed by atoms with Crippen LogP contribution in [0.1, 0.15) is 175 Å². The number of likely N-dealkylation sites (N-methyl/N-ethyl adjacent to an activating group) is 1. The molecule has 0 spiro atoms. The lowest BCUT2D eigenvalue weighted by atomic mass is 9.89. The number of carbonyl (C=O) groups excluding carboxylic acids is 1. The fourth-order valence-corrected chi connectivity index (χ4v) is 7.03. The fraction of sp³-hybridized carbons (Fsp3) is 0.921. The van der Waals surface area contributed by atoms with Gasteiger partial charge in [-0.2, -0.15) is 0 Å². The molecule has 0 aromatic rings. The molecule has 0 radical (unpaired) electrons. The minimum absolute atomic E-state index is 0.142. The number of quaternary nitrogens is 1. The highest BCUT2D eigenvalue weighted by Gasteiger charge is 2.35. The van der Waals surface area contributed by atoms with Gasteiger partial charge in [0.05, 0.1) is 34.4 Å². The molecule has 0 aliphatic heterocycles. The topological polar surface area (TPSA) is 113 Å². The van der Waals surface area contributed by atoms with Crippen LogP contribution in [0.15, 0.2) is 11.1 Å². The Balaban J connectivity index is 5.71. The lowest BCUT2D eigenvalue weighted by Crippen LogP contribution is -2.43. The Morgan fingerprint density at radius 1 is 0.660 bits per heavy atom. The summed E-state index contributed by atoms with van der Waals surface area (Å²) in [5.74, 6) is 0.142. The van der Waals surface area contributed by atoms with Crippen molar-refractivity contribution in [3.8, 4) is 0 Å². The van der Waals surface area contributed by atoms with Crippen LogP contribution in [0.3, 0.4) is 0 Å². The second-order valence-electron chi connectivity index (χ2n) is 14.7. The first-order valence-electron chi connectivity index (χ1n) is 19.4. The zero-order valence-corrected chi connectivity index (χ0v) is 32.5. The van der Waals surface area contributed by atoms with Crippen LogP contribution in [0, 0.1) is 0 Å². The maximum atomic E-state index is 13.9. The second kappa shape index (κ2) is 29.2. The van der Waals surface area contributed by atoms with E-state index in [1.165, 1.54) is 89.9 Å². The van der Waals surface area contributed by atoms with E-state index in [1.54, 1.807) is 0 Å². The van der Waals surface area contributed by atoms with Crippen LogP contribution >= 0.6 is 7.82 Å². The number of rotatable bonds is 34. The van der Waals surface area contributed by atoms with Crippen molar-refractivity contribution in [2.75, 3.05) is 40.9 Å². The molecule has 0 aromatic carbocycles. The molecule has 8 nitrogen and oxygen atoms in total. The van der Waals surface area contributed by atoms with E-state index >= 15 is 0 Å². The van der Waals surface area contributed by atoms with Crippen LogP contribution in [0.25, 0.3) is 0 Å². The third-order valence-corrected chi connectivity index (χ3v) is 9.78. The predicted octanol–water partition coefficient (Wildman–Crippen LogP) is 9.84. The molecule has 0 saturated heterocycles. The molecule has 0 bridgehead atoms. The molecule has 0 aromatic heterocycles. The molecule has 0 heterocycles. The van der Waals surface area contributed by atoms with Gasteiger partial charge in [0.15, 0.2) is 5.78 Å². The van der Waals surface area contributed by atoms with Gasteiger partial charge in [0.25, 0.3) is 0 Å². The van der Waals surface area contributed by atoms with Crippen LogP contribution in [-0.2, 0) is 18.4 Å². The quantitative estimate of drug-likeness (QED) is 0.0267. The normalized spacial score (nSPS) is 15.3. The monoisotopic (exact) mass is 691 g/mol. The highest BCUT2D eigenvalue weighted by atomic mass is 31.2. The molecule has 0 aliphatic rings. The summed E-state index contributed by atoms with van der Waals surface area (Å²) in [6.45, 7) is 5.83. The van der Waals surface area contributed by atoms with Gasteiger partial charge in [0.1, 0.15) is 18.8 Å². The lowest BCUT2D eigenvalue weighted by molar-refractivity contribution is -0.872. The highest BCUT2D eigenvalue weighted by molar-refractivity contribution is 7.47. The number of ketones is 1. The highest BCUT2D eigenvalue weighted by Crippen LogP contribution is 2.47. The van der Waals surface area contributed by atoms with Gasteiger partial charge >= 0.3 is 7.82 Å². The summed E-state index contributed by atoms with van der Waals surface area (Å²) in [5, 5.41) is 18.8. The van der Waals surface area contributed by atoms with Gasteiger partial charge in [-0.25, -0.2) is 4.57 Å². The number of phosphoric acid groups is 1. The van der Waals surface area contributed by atoms with Crippen molar-refractivity contribution in [2.45, 2.75) is 187 Å². The molecule has 0 saturated carbocycles. The Hall–Kier alpha value is -0.600. The minimum atomic E-state index is -4.58. The standard InChI is InChI=1S/C38H76NO7P/c1-7-10-12-14-16-18-20-22-24-26-29-35(37(42)30-27-25-23-21-19-17-15-13-11-8-2)36(28-9-3)38(31-39(4,5)6)46-47(43,44)45-33-34(41)32-40/h34,38,40-41H,7-33H2,1-6H3/p+1/t34-,38?/m1/s1. The molecule has 3 N–H and O–H groups in total. The number of nitrogens with zero attached hydrogens (tertiary/aromatic N) is 1. The molecule has 3 atom stereocenters. The van der Waals surface area contributed by atoms with Crippen molar-refractivity contribution < 1.29 is 38.0 Å². The molecule has 280 valence electrons. The summed E-state index contributed by atoms with van der Waals surface area (Å²) in [7, 11) is 1.40. The molecule has 0 aliphatic carbocycles. The minimum Gasteiger partial charge on any atom is -0.394 e. The third kappa shape index (κ3) is 26.9. The molecular weight excluding hydrogens is 613 g/mol. The van der Waals surface area contributed by atoms with E-state index in [0.717, 1.165) is 56.1 Å². The van der Waals surface area contributed by atoms with Crippen molar-refractivity contribution in [3.05, 3.63) is 11.1 Å². The summed E-state index contributed by atoms with van der Waals surface area (Å²) in [5.41, 5.74) is 1.59. The number of Topliss-reactive ketones (excluding diaryl/α,β-unsaturated/α-hetero) is 1. The summed E-state index contributed by atoms with van der Waals surface area (Å²) >= 11 is 0. The van der Waals surface area contributed by atoms with Gasteiger partial charge in [-0.05, 0) is 36.8 Å². The van der Waals surface area contributed by atoms with Crippen molar-refractivity contribution in [1.29, 1.82) is 0 Å². The number of aliphatic hydroxyl groups excluding tert-OH is 2. The number of hydrogen-bond acceptors (Lipinski definition) is 6. The molecule has 0 fully saturated rings. The average Bonchev–Trinajstić information content (AvgIpc) is 3.01. The van der Waals surface area contributed by atoms with Crippen molar-refractivity contribution >= 4 is 13.6 Å². The van der Waals surface area contributed by atoms with E-state index in [0.29, 0.717) is 30.3 Å². The zero-order valence-electron chi connectivity index (χ0n) is 31.6. The summed E-state index contributed by atoms with van der Waals surface area (Å²) in [4.78, 5) is 24.6. The smallest absolute Gasteiger partial charge is 0.394 e. The molecule has 0 rings (SSSR count). The number of hydrogen-bond donors (Lipinski definition) is 3. The van der Waals surface area contributed by atoms with E-state index in [2.05, 4.69) is 20.8 Å². The molecular formula is C38H77NO7P+. The van der Waals surface area contributed by atoms with Crippen LogP contribution in [-0.4, -0.2) is 78.5 Å². The number of allylic oxidation sites excluding steroid dienone is 1. The van der Waals surface area contributed by atoms with E-state index in [4.69, 9.17) is 14.2 Å². The Labute approximate surface area is 290 Å². The summed E-state index contributed by atoms with van der Waals surface area (Å²) in [6, 6.07) is 0. The first-order chi connectivity index (χ1) is 22.4. The maximum absolute atomic E-state index is 13.9. The molecule has 47 heavy (non-hydrogen) atoms. The summed E-state index contributed by atoms with van der Waals surface area (Å²) < 4.78 is 24.4. The molecule has 0 amide bonds. The first kappa shape index (κ1) is 46.4. The van der Waals surface area contributed by atoms with Crippen LogP contribution in [0.5, 0.6) is 0 Å². The Morgan fingerprint density at radius 3 is 1.49 bits per heavy atom. The zero-order chi connectivity index (χ0) is 35.4. The first-order valence-corrected chi connectivity index (χ1v) is 20.9. The number of carbonyl (C=O) groups is 1.